The Hall–Kier alpha value is -1.91. The number of anilines is 1. The maximum Gasteiger partial charge on any atom is 0.224 e. The first kappa shape index (κ1) is 9.64. The lowest BCUT2D eigenvalue weighted by Crippen LogP contribution is -2.07. The van der Waals surface area contributed by atoms with Gasteiger partial charge in [-0.25, -0.2) is 9.67 Å². The second-order valence-corrected chi connectivity index (χ2v) is 3.18. The Kier molecular flexibility index (Phi) is 2.62. The molecule has 0 fully saturated rings. The minimum atomic E-state index is 0.633. The van der Waals surface area contributed by atoms with Crippen molar-refractivity contribution in [1.82, 2.24) is 19.7 Å². The largest absolute Gasteiger partial charge is 0.354 e. The molecule has 0 saturated carbocycles. The Morgan fingerprint density at radius 2 is 2.33 bits per heavy atom. The van der Waals surface area contributed by atoms with Gasteiger partial charge in [0.05, 0.1) is 0 Å². The first-order valence-electron chi connectivity index (χ1n) is 4.89. The lowest BCUT2D eigenvalue weighted by Gasteiger charge is -2.07. The van der Waals surface area contributed by atoms with E-state index in [2.05, 4.69) is 20.4 Å². The summed E-state index contributed by atoms with van der Waals surface area (Å²) >= 11 is 0. The van der Waals surface area contributed by atoms with Crippen LogP contribution in [0.15, 0.2) is 24.7 Å². The van der Waals surface area contributed by atoms with E-state index in [9.17, 15) is 0 Å². The molecule has 0 bridgehead atoms. The monoisotopic (exact) mass is 203 g/mol. The molecule has 0 aliphatic rings. The Balaban J connectivity index is 2.41. The van der Waals surface area contributed by atoms with Crippen LogP contribution in [-0.2, 0) is 0 Å². The second-order valence-electron chi connectivity index (χ2n) is 3.18. The standard InChI is InChI=1S/C10H13N5/c1-3-11-10-12-7-8(2)9(14-10)15-6-4-5-13-15/h4-7H,3H2,1-2H3,(H,11,12,14). The molecule has 1 N–H and O–H groups in total. The maximum atomic E-state index is 4.38. The first-order chi connectivity index (χ1) is 7.31. The van der Waals surface area contributed by atoms with Gasteiger partial charge < -0.3 is 5.32 Å². The van der Waals surface area contributed by atoms with Gasteiger partial charge in [-0.1, -0.05) is 0 Å². The van der Waals surface area contributed by atoms with E-state index in [0.717, 1.165) is 17.9 Å². The molecular formula is C10H13N5. The predicted octanol–water partition coefficient (Wildman–Crippen LogP) is 1.40. The number of aromatic nitrogens is 4. The van der Waals surface area contributed by atoms with Crippen LogP contribution < -0.4 is 5.32 Å². The van der Waals surface area contributed by atoms with Gasteiger partial charge in [-0.05, 0) is 19.9 Å². The zero-order chi connectivity index (χ0) is 10.7. The van der Waals surface area contributed by atoms with E-state index in [-0.39, 0.29) is 0 Å². The molecule has 2 rings (SSSR count). The lowest BCUT2D eigenvalue weighted by atomic mass is 10.3. The van der Waals surface area contributed by atoms with Crippen molar-refractivity contribution in [3.05, 3.63) is 30.2 Å². The second kappa shape index (κ2) is 4.08. The first-order valence-corrected chi connectivity index (χ1v) is 4.89. The van der Waals surface area contributed by atoms with Gasteiger partial charge in [0.15, 0.2) is 5.82 Å². The molecule has 0 radical (unpaired) electrons. The van der Waals surface area contributed by atoms with Crippen LogP contribution in [0.3, 0.4) is 0 Å². The highest BCUT2D eigenvalue weighted by Gasteiger charge is 2.04. The summed E-state index contributed by atoms with van der Waals surface area (Å²) in [7, 11) is 0. The third-order valence-electron chi connectivity index (χ3n) is 2.00. The summed E-state index contributed by atoms with van der Waals surface area (Å²) in [6, 6.07) is 1.87. The summed E-state index contributed by atoms with van der Waals surface area (Å²) in [5.74, 6) is 1.44. The van der Waals surface area contributed by atoms with Crippen LogP contribution in [0.2, 0.25) is 0 Å². The van der Waals surface area contributed by atoms with Gasteiger partial charge in [0.2, 0.25) is 5.95 Å². The minimum Gasteiger partial charge on any atom is -0.354 e. The van der Waals surface area contributed by atoms with Crippen LogP contribution in [0.1, 0.15) is 12.5 Å². The SMILES string of the molecule is CCNc1ncc(C)c(-n2cccn2)n1. The number of aryl methyl sites for hydroxylation is 1. The quantitative estimate of drug-likeness (QED) is 0.819. The summed E-state index contributed by atoms with van der Waals surface area (Å²) in [6.07, 6.45) is 5.39. The Morgan fingerprint density at radius 1 is 1.47 bits per heavy atom. The number of rotatable bonds is 3. The lowest BCUT2D eigenvalue weighted by molar-refractivity contribution is 0.829. The summed E-state index contributed by atoms with van der Waals surface area (Å²) in [5, 5.41) is 7.22. The van der Waals surface area contributed by atoms with Gasteiger partial charge in [0.25, 0.3) is 0 Å². The molecule has 0 spiro atoms. The zero-order valence-electron chi connectivity index (χ0n) is 8.81. The molecule has 0 amide bonds. The highest BCUT2D eigenvalue weighted by atomic mass is 15.3. The summed E-state index contributed by atoms with van der Waals surface area (Å²) in [6.45, 7) is 4.78. The van der Waals surface area contributed by atoms with Crippen molar-refractivity contribution in [3.8, 4) is 5.82 Å². The smallest absolute Gasteiger partial charge is 0.224 e. The fourth-order valence-electron chi connectivity index (χ4n) is 1.30. The predicted molar refractivity (Wildman–Crippen MR) is 58.1 cm³/mol. The average molecular weight is 203 g/mol. The molecule has 0 aliphatic heterocycles. The number of hydrogen-bond donors (Lipinski definition) is 1. The maximum absolute atomic E-state index is 4.38. The molecule has 0 aromatic carbocycles. The fourth-order valence-corrected chi connectivity index (χ4v) is 1.30. The van der Waals surface area contributed by atoms with Crippen LogP contribution in [0.25, 0.3) is 5.82 Å². The van der Waals surface area contributed by atoms with E-state index < -0.39 is 0 Å². The highest BCUT2D eigenvalue weighted by Crippen LogP contribution is 2.10. The highest BCUT2D eigenvalue weighted by molar-refractivity contribution is 5.37. The van der Waals surface area contributed by atoms with Gasteiger partial charge in [0, 0.05) is 30.7 Å². The van der Waals surface area contributed by atoms with Crippen molar-refractivity contribution in [2.75, 3.05) is 11.9 Å². The van der Waals surface area contributed by atoms with E-state index >= 15 is 0 Å². The van der Waals surface area contributed by atoms with Crippen LogP contribution in [0.4, 0.5) is 5.95 Å². The van der Waals surface area contributed by atoms with Gasteiger partial charge >= 0.3 is 0 Å². The molecule has 5 nitrogen and oxygen atoms in total. The molecule has 15 heavy (non-hydrogen) atoms. The molecule has 2 heterocycles. The number of nitrogens with zero attached hydrogens (tertiary/aromatic N) is 4. The third-order valence-corrected chi connectivity index (χ3v) is 2.00. The van der Waals surface area contributed by atoms with Crippen LogP contribution in [-0.4, -0.2) is 26.3 Å². The Morgan fingerprint density at radius 3 is 3.00 bits per heavy atom. The fraction of sp³-hybridized carbons (Fsp3) is 0.300. The molecular weight excluding hydrogens is 190 g/mol. The van der Waals surface area contributed by atoms with E-state index in [1.807, 2.05) is 26.1 Å². The minimum absolute atomic E-state index is 0.633. The van der Waals surface area contributed by atoms with E-state index in [1.54, 1.807) is 17.1 Å². The van der Waals surface area contributed by atoms with Crippen molar-refractivity contribution in [2.24, 2.45) is 0 Å². The molecule has 0 aliphatic carbocycles. The average Bonchev–Trinajstić information content (AvgIpc) is 2.74. The molecule has 5 heteroatoms. The zero-order valence-corrected chi connectivity index (χ0v) is 8.81. The summed E-state index contributed by atoms with van der Waals surface area (Å²) in [5.41, 5.74) is 1.00. The van der Waals surface area contributed by atoms with Crippen molar-refractivity contribution in [1.29, 1.82) is 0 Å². The number of nitrogens with one attached hydrogen (secondary N) is 1. The molecule has 0 unspecified atom stereocenters. The summed E-state index contributed by atoms with van der Waals surface area (Å²) < 4.78 is 1.73. The van der Waals surface area contributed by atoms with Crippen molar-refractivity contribution in [2.45, 2.75) is 13.8 Å². The molecule has 78 valence electrons. The van der Waals surface area contributed by atoms with Gasteiger partial charge in [-0.15, -0.1) is 0 Å². The van der Waals surface area contributed by atoms with E-state index in [1.165, 1.54) is 0 Å². The van der Waals surface area contributed by atoms with Crippen LogP contribution >= 0.6 is 0 Å². The third kappa shape index (κ3) is 1.96. The van der Waals surface area contributed by atoms with E-state index in [0.29, 0.717) is 5.95 Å². The van der Waals surface area contributed by atoms with Crippen LogP contribution in [0, 0.1) is 6.92 Å². The molecule has 0 saturated heterocycles. The van der Waals surface area contributed by atoms with Gasteiger partial charge in [0.1, 0.15) is 0 Å². The van der Waals surface area contributed by atoms with Crippen molar-refractivity contribution < 1.29 is 0 Å². The van der Waals surface area contributed by atoms with Crippen molar-refractivity contribution in [3.63, 3.8) is 0 Å². The van der Waals surface area contributed by atoms with E-state index in [4.69, 9.17) is 0 Å². The number of hydrogen-bond acceptors (Lipinski definition) is 4. The Bertz CT molecular complexity index is 435. The summed E-state index contributed by atoms with van der Waals surface area (Å²) in [4.78, 5) is 8.56. The van der Waals surface area contributed by atoms with Gasteiger partial charge in [-0.2, -0.15) is 10.1 Å². The molecule has 0 atom stereocenters. The van der Waals surface area contributed by atoms with Crippen molar-refractivity contribution >= 4 is 5.95 Å². The molecule has 2 aromatic rings. The van der Waals surface area contributed by atoms with Crippen LogP contribution in [0.5, 0.6) is 0 Å². The topological polar surface area (TPSA) is 55.6 Å². The normalized spacial score (nSPS) is 10.3. The Labute approximate surface area is 88.2 Å². The molecule has 2 aromatic heterocycles. The van der Waals surface area contributed by atoms with Gasteiger partial charge in [-0.3, -0.25) is 0 Å².